The Bertz CT molecular complexity index is 1530. The first-order valence-corrected chi connectivity index (χ1v) is 15.2. The van der Waals surface area contributed by atoms with E-state index in [1.165, 1.54) is 5.56 Å². The molecule has 0 spiro atoms. The Morgan fingerprint density at radius 2 is 1.71 bits per heavy atom. The fourth-order valence-corrected chi connectivity index (χ4v) is 6.68. The molecule has 0 radical (unpaired) electrons. The Kier molecular flexibility index (Phi) is 8.27. The van der Waals surface area contributed by atoms with Gasteiger partial charge in [0, 0.05) is 61.1 Å². The lowest BCUT2D eigenvalue weighted by molar-refractivity contribution is -0.122. The molecular formula is C34H40N4O4. The van der Waals surface area contributed by atoms with E-state index < -0.39 is 0 Å². The van der Waals surface area contributed by atoms with Crippen LogP contribution in [0.3, 0.4) is 0 Å². The second-order valence-electron chi connectivity index (χ2n) is 12.0. The van der Waals surface area contributed by atoms with Crippen LogP contribution in [0.1, 0.15) is 64.0 Å². The number of fused-ring (bicyclic) bond motifs is 1. The number of morpholine rings is 1. The molecule has 0 atom stereocenters. The van der Waals surface area contributed by atoms with Crippen molar-refractivity contribution in [3.8, 4) is 11.1 Å². The number of anilines is 1. The van der Waals surface area contributed by atoms with Crippen molar-refractivity contribution in [3.05, 3.63) is 86.3 Å². The first kappa shape index (κ1) is 28.4. The van der Waals surface area contributed by atoms with Crippen LogP contribution in [0.2, 0.25) is 0 Å². The highest BCUT2D eigenvalue weighted by Gasteiger charge is 2.34. The summed E-state index contributed by atoms with van der Waals surface area (Å²) in [5, 5.41) is 3.00. The topological polar surface area (TPSA) is 94.7 Å². The van der Waals surface area contributed by atoms with E-state index in [0.717, 1.165) is 92.2 Å². The van der Waals surface area contributed by atoms with Crippen molar-refractivity contribution in [1.82, 2.24) is 15.2 Å². The summed E-state index contributed by atoms with van der Waals surface area (Å²) in [6.07, 6.45) is 4.71. The Labute approximate surface area is 247 Å². The molecule has 0 unspecified atom stereocenters. The third-order valence-electron chi connectivity index (χ3n) is 9.03. The molecule has 1 saturated heterocycles. The zero-order valence-corrected chi connectivity index (χ0v) is 24.6. The number of aryl methyl sites for hydroxylation is 2. The number of carbonyl (C=O) groups excluding carboxylic acids is 2. The largest absolute Gasteiger partial charge is 0.379 e. The lowest BCUT2D eigenvalue weighted by Gasteiger charge is -2.26. The zero-order chi connectivity index (χ0) is 29.2. The monoisotopic (exact) mass is 568 g/mol. The van der Waals surface area contributed by atoms with Gasteiger partial charge in [-0.3, -0.25) is 19.3 Å². The van der Waals surface area contributed by atoms with Crippen LogP contribution in [0.25, 0.3) is 11.1 Å². The van der Waals surface area contributed by atoms with E-state index >= 15 is 0 Å². The maximum absolute atomic E-state index is 13.7. The minimum absolute atomic E-state index is 0.0626. The molecule has 2 fully saturated rings. The summed E-state index contributed by atoms with van der Waals surface area (Å²) in [5.74, 6) is 0.0107. The summed E-state index contributed by atoms with van der Waals surface area (Å²) in [6.45, 7) is 8.75. The molecule has 42 heavy (non-hydrogen) atoms. The number of aromatic amines is 1. The van der Waals surface area contributed by atoms with E-state index in [2.05, 4.69) is 45.5 Å². The van der Waals surface area contributed by atoms with Crippen LogP contribution in [0.5, 0.6) is 0 Å². The van der Waals surface area contributed by atoms with Gasteiger partial charge in [0.05, 0.1) is 13.2 Å². The molecule has 2 N–H and O–H groups in total. The number of nitrogens with one attached hydrogen (secondary N) is 2. The van der Waals surface area contributed by atoms with Crippen LogP contribution in [0.15, 0.2) is 47.3 Å². The Morgan fingerprint density at radius 1 is 0.976 bits per heavy atom. The Balaban J connectivity index is 1.30. The second-order valence-corrected chi connectivity index (χ2v) is 12.0. The van der Waals surface area contributed by atoms with Gasteiger partial charge in [-0.1, -0.05) is 37.1 Å². The fraction of sp³-hybridized carbons (Fsp3) is 0.441. The molecule has 1 saturated carbocycles. The van der Waals surface area contributed by atoms with Crippen LogP contribution in [-0.4, -0.2) is 54.5 Å². The molecular weight excluding hydrogens is 528 g/mol. The molecule has 1 aromatic heterocycles. The standard InChI is InChI=1S/C34H40N4O4/c1-22-17-23(2)36-33(40)30(22)20-35-32(39)29-18-27(25-9-7-24(8-10-25)21-37-13-15-42-16-14-37)19-31-28(29)11-12-38(31)34(41)26-5-3-4-6-26/h7-10,17-19,26H,3-6,11-16,20-21H2,1-2H3,(H,35,39)(H,36,40). The zero-order valence-electron chi connectivity index (χ0n) is 24.6. The van der Waals surface area contributed by atoms with Gasteiger partial charge in [-0.05, 0) is 79.1 Å². The van der Waals surface area contributed by atoms with Gasteiger partial charge in [-0.15, -0.1) is 0 Å². The molecule has 2 aromatic carbocycles. The van der Waals surface area contributed by atoms with E-state index in [0.29, 0.717) is 24.1 Å². The number of hydrogen-bond acceptors (Lipinski definition) is 5. The quantitative estimate of drug-likeness (QED) is 0.438. The molecule has 3 heterocycles. The van der Waals surface area contributed by atoms with Gasteiger partial charge in [-0.25, -0.2) is 0 Å². The fourth-order valence-electron chi connectivity index (χ4n) is 6.68. The van der Waals surface area contributed by atoms with E-state index in [9.17, 15) is 14.4 Å². The van der Waals surface area contributed by atoms with Gasteiger partial charge < -0.3 is 19.9 Å². The van der Waals surface area contributed by atoms with Gasteiger partial charge in [-0.2, -0.15) is 0 Å². The smallest absolute Gasteiger partial charge is 0.253 e. The highest BCUT2D eigenvalue weighted by molar-refractivity contribution is 6.04. The highest BCUT2D eigenvalue weighted by Crippen LogP contribution is 2.38. The molecule has 220 valence electrons. The third-order valence-corrected chi connectivity index (χ3v) is 9.03. The predicted octanol–water partition coefficient (Wildman–Crippen LogP) is 4.50. The number of nitrogens with zero attached hydrogens (tertiary/aromatic N) is 2. The molecule has 2 amide bonds. The van der Waals surface area contributed by atoms with Crippen LogP contribution >= 0.6 is 0 Å². The van der Waals surface area contributed by atoms with E-state index in [1.54, 1.807) is 0 Å². The number of ether oxygens (including phenoxy) is 1. The van der Waals surface area contributed by atoms with Crippen molar-refractivity contribution in [2.75, 3.05) is 37.7 Å². The van der Waals surface area contributed by atoms with Crippen molar-refractivity contribution >= 4 is 17.5 Å². The molecule has 3 aliphatic rings. The number of H-pyrrole nitrogens is 1. The summed E-state index contributed by atoms with van der Waals surface area (Å²) >= 11 is 0. The molecule has 8 nitrogen and oxygen atoms in total. The molecule has 1 aliphatic carbocycles. The average Bonchev–Trinajstić information content (AvgIpc) is 3.67. The van der Waals surface area contributed by atoms with E-state index in [1.807, 2.05) is 30.9 Å². The van der Waals surface area contributed by atoms with Gasteiger partial charge in [0.1, 0.15) is 0 Å². The minimum atomic E-state index is -0.230. The minimum Gasteiger partial charge on any atom is -0.379 e. The van der Waals surface area contributed by atoms with Crippen molar-refractivity contribution in [2.24, 2.45) is 5.92 Å². The number of rotatable bonds is 7. The van der Waals surface area contributed by atoms with Gasteiger partial charge in [0.2, 0.25) is 5.91 Å². The lowest BCUT2D eigenvalue weighted by atomic mass is 9.95. The SMILES string of the molecule is Cc1cc(C)c(CNC(=O)c2cc(-c3ccc(CN4CCOCC4)cc3)cc3c2CCN3C(=O)C2CCCC2)c(=O)[nH]1. The summed E-state index contributed by atoms with van der Waals surface area (Å²) < 4.78 is 5.48. The van der Waals surface area contributed by atoms with Crippen LogP contribution in [0, 0.1) is 19.8 Å². The first-order chi connectivity index (χ1) is 20.4. The second kappa shape index (κ2) is 12.2. The van der Waals surface area contributed by atoms with Crippen LogP contribution in [0.4, 0.5) is 5.69 Å². The normalized spacial score (nSPS) is 17.4. The number of benzene rings is 2. The lowest BCUT2D eigenvalue weighted by Crippen LogP contribution is -2.35. The number of aromatic nitrogens is 1. The van der Waals surface area contributed by atoms with E-state index in [4.69, 9.17) is 4.74 Å². The molecule has 0 bridgehead atoms. The first-order valence-electron chi connectivity index (χ1n) is 15.2. The Hall–Kier alpha value is -3.75. The average molecular weight is 569 g/mol. The highest BCUT2D eigenvalue weighted by atomic mass is 16.5. The van der Waals surface area contributed by atoms with Crippen molar-refractivity contribution in [2.45, 2.75) is 59.0 Å². The van der Waals surface area contributed by atoms with Crippen LogP contribution in [-0.2, 0) is 29.0 Å². The summed E-state index contributed by atoms with van der Waals surface area (Å²) in [6, 6.07) is 14.4. The molecule has 6 rings (SSSR count). The Morgan fingerprint density at radius 3 is 2.43 bits per heavy atom. The molecule has 8 heteroatoms. The molecule has 2 aliphatic heterocycles. The number of hydrogen-bond donors (Lipinski definition) is 2. The van der Waals surface area contributed by atoms with Crippen molar-refractivity contribution in [1.29, 1.82) is 0 Å². The summed E-state index contributed by atoms with van der Waals surface area (Å²) in [5.41, 5.74) is 7.47. The molecule has 3 aromatic rings. The van der Waals surface area contributed by atoms with Gasteiger partial charge >= 0.3 is 0 Å². The van der Waals surface area contributed by atoms with Gasteiger partial charge in [0.15, 0.2) is 0 Å². The van der Waals surface area contributed by atoms with Crippen LogP contribution < -0.4 is 15.8 Å². The van der Waals surface area contributed by atoms with E-state index in [-0.39, 0.29) is 29.8 Å². The van der Waals surface area contributed by atoms with Crippen molar-refractivity contribution < 1.29 is 14.3 Å². The summed E-state index contributed by atoms with van der Waals surface area (Å²) in [7, 11) is 0. The number of carbonyl (C=O) groups is 2. The van der Waals surface area contributed by atoms with Gasteiger partial charge in [0.25, 0.3) is 11.5 Å². The number of pyridine rings is 1. The van der Waals surface area contributed by atoms with Crippen molar-refractivity contribution in [3.63, 3.8) is 0 Å². The summed E-state index contributed by atoms with van der Waals surface area (Å²) in [4.78, 5) is 47.0. The number of amides is 2. The maximum atomic E-state index is 13.7. The predicted molar refractivity (Wildman–Crippen MR) is 164 cm³/mol. The maximum Gasteiger partial charge on any atom is 0.253 e. The third kappa shape index (κ3) is 5.92.